The van der Waals surface area contributed by atoms with Crippen LogP contribution in [0.5, 0.6) is 0 Å². The zero-order valence-corrected chi connectivity index (χ0v) is 11.6. The molecule has 1 rings (SSSR count). The van der Waals surface area contributed by atoms with E-state index in [0.717, 1.165) is 29.0 Å². The molecule has 0 fully saturated rings. The molecule has 2 unspecified atom stereocenters. The first-order valence-corrected chi connectivity index (χ1v) is 6.61. The smallest absolute Gasteiger partial charge is 0.0767 e. The zero-order valence-electron chi connectivity index (χ0n) is 10.9. The highest BCUT2D eigenvalue weighted by Crippen LogP contribution is 2.25. The van der Waals surface area contributed by atoms with Crippen LogP contribution in [0, 0.1) is 6.92 Å². The maximum Gasteiger partial charge on any atom is 0.0767 e. The number of ether oxygens (including phenoxy) is 1. The predicted octanol–water partition coefficient (Wildman–Crippen LogP) is 3.85. The average Bonchev–Trinajstić information content (AvgIpc) is 2.31. The van der Waals surface area contributed by atoms with Crippen LogP contribution in [-0.4, -0.2) is 12.7 Å². The van der Waals surface area contributed by atoms with Crippen LogP contribution in [0.1, 0.15) is 43.9 Å². The van der Waals surface area contributed by atoms with E-state index in [4.69, 9.17) is 22.1 Å². The lowest BCUT2D eigenvalue weighted by molar-refractivity contribution is 0.0374. The van der Waals surface area contributed by atoms with Gasteiger partial charge in [0.2, 0.25) is 0 Å². The molecule has 2 atom stereocenters. The molecule has 0 heterocycles. The topological polar surface area (TPSA) is 35.2 Å². The third-order valence-electron chi connectivity index (χ3n) is 2.94. The van der Waals surface area contributed by atoms with E-state index in [2.05, 4.69) is 6.92 Å². The second-order valence-corrected chi connectivity index (χ2v) is 4.72. The predicted molar refractivity (Wildman–Crippen MR) is 73.4 cm³/mol. The Labute approximate surface area is 109 Å². The van der Waals surface area contributed by atoms with Crippen molar-refractivity contribution in [3.63, 3.8) is 0 Å². The number of aryl methyl sites for hydroxylation is 1. The largest absolute Gasteiger partial charge is 0.377 e. The zero-order chi connectivity index (χ0) is 12.8. The fourth-order valence-corrected chi connectivity index (χ4v) is 2.09. The molecule has 0 aliphatic rings. The fourth-order valence-electron chi connectivity index (χ4n) is 1.90. The Morgan fingerprint density at radius 1 is 1.35 bits per heavy atom. The van der Waals surface area contributed by atoms with Crippen molar-refractivity contribution in [2.75, 3.05) is 6.61 Å². The molecule has 0 aliphatic heterocycles. The molecule has 1 aromatic rings. The van der Waals surface area contributed by atoms with E-state index in [9.17, 15) is 0 Å². The Hall–Kier alpha value is -0.570. The molecular weight excluding hydrogens is 234 g/mol. The van der Waals surface area contributed by atoms with Crippen molar-refractivity contribution in [1.29, 1.82) is 0 Å². The molecule has 0 radical (unpaired) electrons. The van der Waals surface area contributed by atoms with Gasteiger partial charge >= 0.3 is 0 Å². The van der Waals surface area contributed by atoms with E-state index in [0.29, 0.717) is 6.61 Å². The Kier molecular flexibility index (Phi) is 5.96. The molecule has 0 bridgehead atoms. The van der Waals surface area contributed by atoms with Gasteiger partial charge in [-0.2, -0.15) is 0 Å². The van der Waals surface area contributed by atoms with Crippen molar-refractivity contribution in [1.82, 2.24) is 0 Å². The summed E-state index contributed by atoms with van der Waals surface area (Å²) < 4.78 is 5.70. The Balaban J connectivity index is 2.84. The minimum atomic E-state index is -0.104. The maximum absolute atomic E-state index is 6.25. The van der Waals surface area contributed by atoms with Crippen LogP contribution < -0.4 is 5.73 Å². The van der Waals surface area contributed by atoms with Crippen molar-refractivity contribution in [2.24, 2.45) is 5.73 Å². The summed E-state index contributed by atoms with van der Waals surface area (Å²) in [5.74, 6) is 0. The van der Waals surface area contributed by atoms with Gasteiger partial charge in [0.15, 0.2) is 0 Å². The second kappa shape index (κ2) is 7.00. The van der Waals surface area contributed by atoms with Crippen LogP contribution in [0.15, 0.2) is 18.2 Å². The molecule has 2 N–H and O–H groups in total. The van der Waals surface area contributed by atoms with Gasteiger partial charge in [-0.15, -0.1) is 0 Å². The van der Waals surface area contributed by atoms with E-state index >= 15 is 0 Å². The van der Waals surface area contributed by atoms with Gasteiger partial charge < -0.3 is 10.5 Å². The molecule has 3 heteroatoms. The minimum Gasteiger partial charge on any atom is -0.377 e. The number of benzene rings is 1. The van der Waals surface area contributed by atoms with E-state index in [-0.39, 0.29) is 12.1 Å². The molecule has 1 aromatic carbocycles. The normalized spacial score (nSPS) is 14.6. The van der Waals surface area contributed by atoms with Crippen molar-refractivity contribution in [3.05, 3.63) is 34.3 Å². The van der Waals surface area contributed by atoms with Crippen LogP contribution in [0.25, 0.3) is 0 Å². The number of halogens is 1. The van der Waals surface area contributed by atoms with Gasteiger partial charge in [-0.05, 0) is 37.5 Å². The Morgan fingerprint density at radius 2 is 2.06 bits per heavy atom. The molecule has 0 spiro atoms. The molecule has 0 saturated heterocycles. The van der Waals surface area contributed by atoms with Crippen LogP contribution in [0.3, 0.4) is 0 Å². The molecule has 2 nitrogen and oxygen atoms in total. The second-order valence-electron chi connectivity index (χ2n) is 4.32. The first-order chi connectivity index (χ1) is 8.10. The van der Waals surface area contributed by atoms with Crippen LogP contribution in [0.4, 0.5) is 0 Å². The SMILES string of the molecule is CCCC(OCC)C(N)c1ccc(C)c(Cl)c1. The maximum atomic E-state index is 6.25. The summed E-state index contributed by atoms with van der Waals surface area (Å²) in [4.78, 5) is 0. The van der Waals surface area contributed by atoms with Crippen molar-refractivity contribution in [2.45, 2.75) is 45.8 Å². The number of hydrogen-bond acceptors (Lipinski definition) is 2. The van der Waals surface area contributed by atoms with E-state index in [1.807, 2.05) is 32.0 Å². The summed E-state index contributed by atoms with van der Waals surface area (Å²) in [6.45, 7) is 6.82. The lowest BCUT2D eigenvalue weighted by Crippen LogP contribution is -2.29. The third-order valence-corrected chi connectivity index (χ3v) is 3.34. The summed E-state index contributed by atoms with van der Waals surface area (Å²) in [6.07, 6.45) is 2.11. The van der Waals surface area contributed by atoms with Crippen LogP contribution >= 0.6 is 11.6 Å². The monoisotopic (exact) mass is 255 g/mol. The van der Waals surface area contributed by atoms with Crippen molar-refractivity contribution >= 4 is 11.6 Å². The third kappa shape index (κ3) is 3.98. The summed E-state index contributed by atoms with van der Waals surface area (Å²) in [5, 5.41) is 0.768. The summed E-state index contributed by atoms with van der Waals surface area (Å²) >= 11 is 6.12. The van der Waals surface area contributed by atoms with Gasteiger partial charge in [-0.25, -0.2) is 0 Å². The molecule has 0 aliphatic carbocycles. The van der Waals surface area contributed by atoms with Gasteiger partial charge in [0.1, 0.15) is 0 Å². The first kappa shape index (κ1) is 14.5. The van der Waals surface area contributed by atoms with Crippen LogP contribution in [-0.2, 0) is 4.74 Å². The minimum absolute atomic E-state index is 0.0729. The first-order valence-electron chi connectivity index (χ1n) is 6.23. The van der Waals surface area contributed by atoms with Crippen LogP contribution in [0.2, 0.25) is 5.02 Å². The summed E-state index contributed by atoms with van der Waals surface area (Å²) in [7, 11) is 0. The van der Waals surface area contributed by atoms with Gasteiger partial charge in [-0.3, -0.25) is 0 Å². The van der Waals surface area contributed by atoms with Gasteiger partial charge in [0, 0.05) is 11.6 Å². The fraction of sp³-hybridized carbons (Fsp3) is 0.571. The van der Waals surface area contributed by atoms with Gasteiger partial charge in [0.05, 0.1) is 12.1 Å². The summed E-state index contributed by atoms with van der Waals surface area (Å²) in [6, 6.07) is 5.89. The highest BCUT2D eigenvalue weighted by atomic mass is 35.5. The Bertz CT molecular complexity index is 348. The molecule has 17 heavy (non-hydrogen) atoms. The van der Waals surface area contributed by atoms with Crippen molar-refractivity contribution in [3.8, 4) is 0 Å². The highest BCUT2D eigenvalue weighted by Gasteiger charge is 2.19. The standard InChI is InChI=1S/C14H22ClNO/c1-4-6-13(17-5-2)14(16)11-8-7-10(3)12(15)9-11/h7-9,13-14H,4-6,16H2,1-3H3. The lowest BCUT2D eigenvalue weighted by atomic mass is 9.98. The van der Waals surface area contributed by atoms with Gasteiger partial charge in [-0.1, -0.05) is 37.1 Å². The number of nitrogens with two attached hydrogens (primary N) is 1. The summed E-state index contributed by atoms with van der Waals surface area (Å²) in [5.41, 5.74) is 8.37. The highest BCUT2D eigenvalue weighted by molar-refractivity contribution is 6.31. The quantitative estimate of drug-likeness (QED) is 0.838. The van der Waals surface area contributed by atoms with Gasteiger partial charge in [0.25, 0.3) is 0 Å². The van der Waals surface area contributed by atoms with E-state index in [1.165, 1.54) is 0 Å². The molecular formula is C14H22ClNO. The molecule has 96 valence electrons. The molecule has 0 amide bonds. The Morgan fingerprint density at radius 3 is 2.59 bits per heavy atom. The molecule has 0 saturated carbocycles. The number of hydrogen-bond donors (Lipinski definition) is 1. The molecule has 0 aromatic heterocycles. The van der Waals surface area contributed by atoms with E-state index < -0.39 is 0 Å². The van der Waals surface area contributed by atoms with E-state index in [1.54, 1.807) is 0 Å². The lowest BCUT2D eigenvalue weighted by Gasteiger charge is -2.24. The number of rotatable bonds is 6. The average molecular weight is 256 g/mol. The van der Waals surface area contributed by atoms with Crippen molar-refractivity contribution < 1.29 is 4.74 Å².